The van der Waals surface area contributed by atoms with E-state index in [1.165, 1.54) is 43.2 Å². The minimum absolute atomic E-state index is 0.237. The highest BCUT2D eigenvalue weighted by Crippen LogP contribution is 2.63. The highest BCUT2D eigenvalue weighted by molar-refractivity contribution is 5.41. The lowest BCUT2D eigenvalue weighted by Gasteiger charge is -2.52. The Labute approximate surface area is 133 Å². The summed E-state index contributed by atoms with van der Waals surface area (Å²) in [5.74, 6) is 2.76. The normalized spacial score (nSPS) is 43.3. The fraction of sp³-hybridized carbons (Fsp3) is 0.700. The average Bonchev–Trinajstić information content (AvgIpc) is 2.83. The molecule has 6 atom stereocenters. The first-order chi connectivity index (χ1) is 10.5. The summed E-state index contributed by atoms with van der Waals surface area (Å²) in [4.78, 5) is 0. The van der Waals surface area contributed by atoms with E-state index in [1.54, 1.807) is 0 Å². The number of hydrogen-bond acceptors (Lipinski definition) is 2. The predicted octanol–water partition coefficient (Wildman–Crippen LogP) is 4.25. The number of hydrogen-bond donors (Lipinski definition) is 2. The van der Waals surface area contributed by atoms with Gasteiger partial charge in [0.2, 0.25) is 0 Å². The average molecular weight is 300 g/mol. The fourth-order valence-corrected chi connectivity index (χ4v) is 6.37. The molecule has 0 saturated heterocycles. The molecule has 1 aromatic carbocycles. The van der Waals surface area contributed by atoms with Crippen molar-refractivity contribution in [3.8, 4) is 5.75 Å². The van der Waals surface area contributed by atoms with Crippen molar-refractivity contribution in [1.82, 2.24) is 0 Å². The van der Waals surface area contributed by atoms with E-state index in [9.17, 15) is 10.2 Å². The molecule has 0 aromatic heterocycles. The monoisotopic (exact) mass is 300 g/mol. The summed E-state index contributed by atoms with van der Waals surface area (Å²) in [6.45, 7) is 4.83. The number of aromatic hydroxyl groups is 1. The Morgan fingerprint density at radius 1 is 1.23 bits per heavy atom. The van der Waals surface area contributed by atoms with Gasteiger partial charge in [0.1, 0.15) is 5.75 Å². The van der Waals surface area contributed by atoms with Crippen LogP contribution in [-0.2, 0) is 6.42 Å². The van der Waals surface area contributed by atoms with E-state index in [0.29, 0.717) is 35.3 Å². The summed E-state index contributed by atoms with van der Waals surface area (Å²) < 4.78 is 0. The zero-order valence-corrected chi connectivity index (χ0v) is 13.8. The molecule has 120 valence electrons. The number of aliphatic hydroxyl groups is 1. The molecule has 0 aliphatic heterocycles. The fourth-order valence-electron chi connectivity index (χ4n) is 6.37. The molecule has 0 radical (unpaired) electrons. The summed E-state index contributed by atoms with van der Waals surface area (Å²) in [6, 6.07) is 5.81. The van der Waals surface area contributed by atoms with E-state index in [0.717, 1.165) is 5.92 Å². The first kappa shape index (κ1) is 14.6. The summed E-state index contributed by atoms with van der Waals surface area (Å²) in [7, 11) is 0. The van der Waals surface area contributed by atoms with Crippen molar-refractivity contribution >= 4 is 0 Å². The van der Waals surface area contributed by atoms with E-state index < -0.39 is 0 Å². The zero-order chi connectivity index (χ0) is 15.5. The Kier molecular flexibility index (Phi) is 3.30. The van der Waals surface area contributed by atoms with Gasteiger partial charge in [0.05, 0.1) is 6.10 Å². The number of phenols is 1. The highest BCUT2D eigenvalue weighted by Gasteiger charge is 2.56. The molecule has 4 rings (SSSR count). The minimum Gasteiger partial charge on any atom is -0.508 e. The van der Waals surface area contributed by atoms with Gasteiger partial charge in [-0.25, -0.2) is 0 Å². The minimum atomic E-state index is -0.237. The second-order valence-electron chi connectivity index (χ2n) is 8.17. The second-order valence-corrected chi connectivity index (χ2v) is 8.17. The van der Waals surface area contributed by atoms with Gasteiger partial charge in [0, 0.05) is 0 Å². The summed E-state index contributed by atoms with van der Waals surface area (Å²) in [6.07, 6.45) is 6.89. The molecular weight excluding hydrogens is 272 g/mol. The Bertz CT molecular complexity index is 581. The van der Waals surface area contributed by atoms with Crippen LogP contribution in [0, 0.1) is 23.2 Å². The van der Waals surface area contributed by atoms with Crippen molar-refractivity contribution < 1.29 is 10.2 Å². The van der Waals surface area contributed by atoms with Crippen molar-refractivity contribution in [1.29, 1.82) is 0 Å². The quantitative estimate of drug-likeness (QED) is 0.814. The second kappa shape index (κ2) is 4.99. The molecule has 2 saturated carbocycles. The van der Waals surface area contributed by atoms with E-state index in [-0.39, 0.29) is 6.10 Å². The van der Waals surface area contributed by atoms with Crippen molar-refractivity contribution in [3.63, 3.8) is 0 Å². The molecule has 0 heterocycles. The molecular formula is C20H28O2. The number of rotatable bonds is 1. The van der Waals surface area contributed by atoms with E-state index in [1.807, 2.05) is 12.1 Å². The maximum Gasteiger partial charge on any atom is 0.115 e. The maximum absolute atomic E-state index is 10.9. The molecule has 2 N–H and O–H groups in total. The number of phenolic OH excluding ortho intramolecular Hbond substituents is 1. The number of aliphatic hydroxyl groups excluding tert-OH is 1. The third kappa shape index (κ3) is 1.89. The zero-order valence-electron chi connectivity index (χ0n) is 13.8. The van der Waals surface area contributed by atoms with Gasteiger partial charge < -0.3 is 10.2 Å². The summed E-state index contributed by atoms with van der Waals surface area (Å²) in [5.41, 5.74) is 3.00. The molecule has 22 heavy (non-hydrogen) atoms. The lowest BCUT2D eigenvalue weighted by Crippen LogP contribution is -2.48. The Morgan fingerprint density at radius 2 is 2.05 bits per heavy atom. The van der Waals surface area contributed by atoms with Gasteiger partial charge in [-0.15, -0.1) is 0 Å². The third-order valence-corrected chi connectivity index (χ3v) is 7.42. The predicted molar refractivity (Wildman–Crippen MR) is 87.9 cm³/mol. The molecule has 1 aromatic rings. The lowest BCUT2D eigenvalue weighted by molar-refractivity contribution is -0.0398. The summed E-state index contributed by atoms with van der Waals surface area (Å²) >= 11 is 0. The van der Waals surface area contributed by atoms with Crippen LogP contribution in [0.15, 0.2) is 18.2 Å². The van der Waals surface area contributed by atoms with Crippen LogP contribution >= 0.6 is 0 Å². The number of benzene rings is 1. The van der Waals surface area contributed by atoms with Gasteiger partial charge in [0.15, 0.2) is 0 Å². The summed E-state index contributed by atoms with van der Waals surface area (Å²) in [5, 5.41) is 20.6. The molecule has 2 nitrogen and oxygen atoms in total. The molecule has 2 fully saturated rings. The molecule has 0 amide bonds. The van der Waals surface area contributed by atoms with Gasteiger partial charge in [-0.1, -0.05) is 26.3 Å². The Hall–Kier alpha value is -1.02. The van der Waals surface area contributed by atoms with E-state index in [4.69, 9.17) is 0 Å². The van der Waals surface area contributed by atoms with Crippen LogP contribution in [0.1, 0.15) is 63.0 Å². The molecule has 3 aliphatic carbocycles. The van der Waals surface area contributed by atoms with Gasteiger partial charge in [-0.05, 0) is 84.5 Å². The van der Waals surface area contributed by atoms with Crippen molar-refractivity contribution in [3.05, 3.63) is 29.3 Å². The largest absolute Gasteiger partial charge is 0.508 e. The van der Waals surface area contributed by atoms with Crippen LogP contribution in [0.25, 0.3) is 0 Å². The van der Waals surface area contributed by atoms with Gasteiger partial charge >= 0.3 is 0 Å². The number of fused-ring (bicyclic) bond motifs is 5. The molecule has 0 spiro atoms. The first-order valence-electron chi connectivity index (χ1n) is 9.04. The molecule has 0 unspecified atom stereocenters. The van der Waals surface area contributed by atoms with Crippen molar-refractivity contribution in [2.24, 2.45) is 23.2 Å². The van der Waals surface area contributed by atoms with Gasteiger partial charge in [0.25, 0.3) is 0 Å². The van der Waals surface area contributed by atoms with Crippen molar-refractivity contribution in [2.75, 3.05) is 0 Å². The van der Waals surface area contributed by atoms with Gasteiger partial charge in [-0.2, -0.15) is 0 Å². The maximum atomic E-state index is 10.9. The first-order valence-corrected chi connectivity index (χ1v) is 9.04. The molecule has 0 bridgehead atoms. The SMILES string of the molecule is CC[C@H]1CC[C@H]2[C@@H]3[C@H](O)Cc4cc(O)ccc4[C@H]3CC[C@]12C. The van der Waals surface area contributed by atoms with Crippen LogP contribution < -0.4 is 0 Å². The van der Waals surface area contributed by atoms with Crippen molar-refractivity contribution in [2.45, 2.75) is 64.4 Å². The van der Waals surface area contributed by atoms with Crippen LogP contribution in [0.2, 0.25) is 0 Å². The lowest BCUT2D eigenvalue weighted by atomic mass is 9.53. The van der Waals surface area contributed by atoms with Crippen LogP contribution in [-0.4, -0.2) is 16.3 Å². The molecule has 2 heteroatoms. The van der Waals surface area contributed by atoms with Crippen LogP contribution in [0.3, 0.4) is 0 Å². The van der Waals surface area contributed by atoms with Gasteiger partial charge in [-0.3, -0.25) is 0 Å². The third-order valence-electron chi connectivity index (χ3n) is 7.42. The van der Waals surface area contributed by atoms with Crippen LogP contribution in [0.5, 0.6) is 5.75 Å². The van der Waals surface area contributed by atoms with E-state index in [2.05, 4.69) is 19.9 Å². The standard InChI is InChI=1S/C20H28O2/c1-3-13-4-7-17-19-16(8-9-20(13,17)2)15-6-5-14(21)10-12(15)11-18(19)22/h5-6,10,13,16-19,21-22H,3-4,7-9,11H2,1-2H3/t13-,16+,17-,18+,19+,20+/m0/s1. The van der Waals surface area contributed by atoms with Crippen LogP contribution in [0.4, 0.5) is 0 Å². The smallest absolute Gasteiger partial charge is 0.115 e. The highest BCUT2D eigenvalue weighted by atomic mass is 16.3. The Balaban J connectivity index is 1.73. The Morgan fingerprint density at radius 3 is 2.82 bits per heavy atom. The molecule has 3 aliphatic rings. The van der Waals surface area contributed by atoms with E-state index >= 15 is 0 Å². The topological polar surface area (TPSA) is 40.5 Å².